The summed E-state index contributed by atoms with van der Waals surface area (Å²) in [5.74, 6) is 0.567. The molecule has 1 rings (SSSR count). The van der Waals surface area contributed by atoms with E-state index in [9.17, 15) is 4.79 Å². The molecule has 0 aliphatic rings. The van der Waals surface area contributed by atoms with E-state index >= 15 is 0 Å². The third kappa shape index (κ3) is 6.44. The minimum atomic E-state index is -0.477. The molecule has 3 heteroatoms. The molecule has 0 spiro atoms. The van der Waals surface area contributed by atoms with Gasteiger partial charge >= 0.3 is 0 Å². The number of ether oxygens (including phenoxy) is 1. The fourth-order valence-corrected chi connectivity index (χ4v) is 1.85. The molecule has 1 aromatic carbocycles. The van der Waals surface area contributed by atoms with Crippen LogP contribution in [-0.4, -0.2) is 11.8 Å². The standard InChI is InChI=1S/C16H21ClO2/c1-2-3-4-5-6-7-10-13-19-15-12-9-8-11-14(15)16(17)18/h5-6,8-9,11-12H,2-4,7,10,13H2,1H3. The van der Waals surface area contributed by atoms with Crippen molar-refractivity contribution in [2.75, 3.05) is 6.61 Å². The van der Waals surface area contributed by atoms with Gasteiger partial charge < -0.3 is 4.74 Å². The molecule has 0 unspecified atom stereocenters. The second kappa shape index (κ2) is 9.62. The number of rotatable bonds is 9. The zero-order chi connectivity index (χ0) is 13.9. The lowest BCUT2D eigenvalue weighted by molar-refractivity contribution is 0.107. The second-order valence-corrected chi connectivity index (χ2v) is 4.72. The molecular formula is C16H21ClO2. The highest BCUT2D eigenvalue weighted by atomic mass is 35.5. The van der Waals surface area contributed by atoms with E-state index in [4.69, 9.17) is 16.3 Å². The Morgan fingerprint density at radius 1 is 1.21 bits per heavy atom. The van der Waals surface area contributed by atoms with Gasteiger partial charge in [-0.3, -0.25) is 4.79 Å². The predicted molar refractivity (Wildman–Crippen MR) is 80.0 cm³/mol. The zero-order valence-electron chi connectivity index (χ0n) is 11.4. The molecule has 0 saturated carbocycles. The Kier molecular flexibility index (Phi) is 7.99. The van der Waals surface area contributed by atoms with E-state index in [-0.39, 0.29) is 0 Å². The van der Waals surface area contributed by atoms with Crippen molar-refractivity contribution in [3.63, 3.8) is 0 Å². The SMILES string of the molecule is CCCCC=CCCCOc1ccccc1C(=O)Cl. The normalized spacial score (nSPS) is 10.8. The quantitative estimate of drug-likeness (QED) is 0.363. The molecule has 0 atom stereocenters. The number of halogens is 1. The maximum Gasteiger partial charge on any atom is 0.256 e. The smallest absolute Gasteiger partial charge is 0.256 e. The topological polar surface area (TPSA) is 26.3 Å². The van der Waals surface area contributed by atoms with Crippen LogP contribution in [0.15, 0.2) is 36.4 Å². The van der Waals surface area contributed by atoms with Crippen LogP contribution in [0, 0.1) is 0 Å². The van der Waals surface area contributed by atoms with Crippen LogP contribution in [0.3, 0.4) is 0 Å². The molecule has 0 fully saturated rings. The molecule has 1 aromatic rings. The Bertz CT molecular complexity index is 413. The molecule has 0 aromatic heterocycles. The molecule has 19 heavy (non-hydrogen) atoms. The van der Waals surface area contributed by atoms with Crippen LogP contribution < -0.4 is 4.74 Å². The van der Waals surface area contributed by atoms with Crippen molar-refractivity contribution in [2.24, 2.45) is 0 Å². The monoisotopic (exact) mass is 280 g/mol. The zero-order valence-corrected chi connectivity index (χ0v) is 12.2. The Hall–Kier alpha value is -1.28. The number of benzene rings is 1. The highest BCUT2D eigenvalue weighted by molar-refractivity contribution is 6.68. The number of allylic oxidation sites excluding steroid dienone is 2. The van der Waals surface area contributed by atoms with Crippen molar-refractivity contribution in [3.8, 4) is 5.75 Å². The predicted octanol–water partition coefficient (Wildman–Crippen LogP) is 4.97. The molecule has 104 valence electrons. The largest absolute Gasteiger partial charge is 0.493 e. The van der Waals surface area contributed by atoms with E-state index in [1.165, 1.54) is 12.8 Å². The first-order valence-electron chi connectivity index (χ1n) is 6.82. The van der Waals surface area contributed by atoms with Crippen molar-refractivity contribution in [2.45, 2.75) is 39.0 Å². The van der Waals surface area contributed by atoms with E-state index in [0.717, 1.165) is 19.3 Å². The molecule has 0 saturated heterocycles. The van der Waals surface area contributed by atoms with Crippen molar-refractivity contribution >= 4 is 16.8 Å². The minimum Gasteiger partial charge on any atom is -0.493 e. The summed E-state index contributed by atoms with van der Waals surface area (Å²) < 4.78 is 5.59. The Morgan fingerprint density at radius 3 is 2.58 bits per heavy atom. The summed E-state index contributed by atoms with van der Waals surface area (Å²) in [6.07, 6.45) is 9.99. The number of carbonyl (C=O) groups excluding carboxylic acids is 1. The molecule has 2 nitrogen and oxygen atoms in total. The first-order valence-corrected chi connectivity index (χ1v) is 7.20. The van der Waals surface area contributed by atoms with Crippen molar-refractivity contribution in [1.82, 2.24) is 0 Å². The van der Waals surface area contributed by atoms with Gasteiger partial charge in [-0.2, -0.15) is 0 Å². The minimum absolute atomic E-state index is 0.433. The van der Waals surface area contributed by atoms with Crippen LogP contribution in [0.25, 0.3) is 0 Å². The lowest BCUT2D eigenvalue weighted by Crippen LogP contribution is -2.01. The number of carbonyl (C=O) groups is 1. The Labute approximate surface area is 120 Å². The maximum absolute atomic E-state index is 11.2. The Morgan fingerprint density at radius 2 is 1.89 bits per heavy atom. The van der Waals surface area contributed by atoms with Crippen LogP contribution in [0.1, 0.15) is 49.4 Å². The van der Waals surface area contributed by atoms with Crippen LogP contribution >= 0.6 is 11.6 Å². The summed E-state index contributed by atoms with van der Waals surface area (Å²) in [5, 5.41) is -0.477. The summed E-state index contributed by atoms with van der Waals surface area (Å²) in [7, 11) is 0. The number of hydrogen-bond donors (Lipinski definition) is 0. The van der Waals surface area contributed by atoms with Gasteiger partial charge in [0, 0.05) is 0 Å². The summed E-state index contributed by atoms with van der Waals surface area (Å²) in [5.41, 5.74) is 0.433. The number of unbranched alkanes of at least 4 members (excludes halogenated alkanes) is 3. The number of hydrogen-bond acceptors (Lipinski definition) is 2. The highest BCUT2D eigenvalue weighted by Crippen LogP contribution is 2.20. The summed E-state index contributed by atoms with van der Waals surface area (Å²) >= 11 is 5.49. The summed E-state index contributed by atoms with van der Waals surface area (Å²) in [4.78, 5) is 11.2. The van der Waals surface area contributed by atoms with Crippen LogP contribution in [0.5, 0.6) is 5.75 Å². The summed E-state index contributed by atoms with van der Waals surface area (Å²) in [6, 6.07) is 7.06. The van der Waals surface area contributed by atoms with Gasteiger partial charge in [0.15, 0.2) is 0 Å². The van der Waals surface area contributed by atoms with Crippen molar-refractivity contribution in [1.29, 1.82) is 0 Å². The van der Waals surface area contributed by atoms with Gasteiger partial charge in [0.2, 0.25) is 0 Å². The molecule has 0 bridgehead atoms. The van der Waals surface area contributed by atoms with Gasteiger partial charge in [-0.05, 0) is 43.0 Å². The molecule has 0 radical (unpaired) electrons. The third-order valence-corrected chi connectivity index (χ3v) is 2.97. The van der Waals surface area contributed by atoms with Crippen molar-refractivity contribution < 1.29 is 9.53 Å². The molecule has 0 amide bonds. The molecule has 0 aliphatic heterocycles. The van der Waals surface area contributed by atoms with Gasteiger partial charge in [0.1, 0.15) is 5.75 Å². The lowest BCUT2D eigenvalue weighted by atomic mass is 10.2. The fourth-order valence-electron chi connectivity index (χ4n) is 1.70. The van der Waals surface area contributed by atoms with E-state index in [2.05, 4.69) is 19.1 Å². The molecule has 0 aliphatic carbocycles. The van der Waals surface area contributed by atoms with E-state index < -0.39 is 5.24 Å². The summed E-state index contributed by atoms with van der Waals surface area (Å²) in [6.45, 7) is 2.79. The molecular weight excluding hydrogens is 260 g/mol. The first kappa shape index (κ1) is 15.8. The lowest BCUT2D eigenvalue weighted by Gasteiger charge is -2.07. The Balaban J connectivity index is 2.26. The average molecular weight is 281 g/mol. The van der Waals surface area contributed by atoms with Gasteiger partial charge in [0.25, 0.3) is 5.24 Å². The van der Waals surface area contributed by atoms with E-state index in [1.54, 1.807) is 18.2 Å². The van der Waals surface area contributed by atoms with Crippen LogP contribution in [0.4, 0.5) is 0 Å². The molecule has 0 N–H and O–H groups in total. The maximum atomic E-state index is 11.2. The first-order chi connectivity index (χ1) is 9.25. The van der Waals surface area contributed by atoms with E-state index in [1.807, 2.05) is 6.07 Å². The van der Waals surface area contributed by atoms with Gasteiger partial charge in [-0.25, -0.2) is 0 Å². The third-order valence-electron chi connectivity index (χ3n) is 2.76. The average Bonchev–Trinajstić information content (AvgIpc) is 2.42. The van der Waals surface area contributed by atoms with Crippen LogP contribution in [-0.2, 0) is 0 Å². The molecule has 0 heterocycles. The highest BCUT2D eigenvalue weighted by Gasteiger charge is 2.08. The van der Waals surface area contributed by atoms with E-state index in [0.29, 0.717) is 17.9 Å². The fraction of sp³-hybridized carbons (Fsp3) is 0.438. The van der Waals surface area contributed by atoms with Crippen LogP contribution in [0.2, 0.25) is 0 Å². The van der Waals surface area contributed by atoms with Gasteiger partial charge in [-0.15, -0.1) is 0 Å². The van der Waals surface area contributed by atoms with Gasteiger partial charge in [0.05, 0.1) is 12.2 Å². The van der Waals surface area contributed by atoms with Crippen molar-refractivity contribution in [3.05, 3.63) is 42.0 Å². The van der Waals surface area contributed by atoms with Gasteiger partial charge in [-0.1, -0.05) is 44.1 Å². The number of para-hydroxylation sites is 1. The second-order valence-electron chi connectivity index (χ2n) is 4.37.